The maximum absolute atomic E-state index is 9.27. The van der Waals surface area contributed by atoms with Gasteiger partial charge in [-0.05, 0) is 25.0 Å². The third-order valence-corrected chi connectivity index (χ3v) is 5.03. The van der Waals surface area contributed by atoms with Crippen LogP contribution in [0.2, 0.25) is 0 Å². The summed E-state index contributed by atoms with van der Waals surface area (Å²) in [5.41, 5.74) is 2.07. The number of piperidine rings is 1. The molecule has 0 atom stereocenters. The highest BCUT2D eigenvalue weighted by Gasteiger charge is 2.26. The number of aromatic nitrogens is 2. The number of nitriles is 1. The molecular weight excluding hydrogens is 302 g/mol. The van der Waals surface area contributed by atoms with E-state index in [4.69, 9.17) is 9.72 Å². The molecule has 4 rings (SSSR count). The fraction of sp³-hybridized carbons (Fsp3) is 0.500. The summed E-state index contributed by atoms with van der Waals surface area (Å²) in [6, 6.07) is 8.40. The van der Waals surface area contributed by atoms with Gasteiger partial charge in [-0.15, -0.1) is 0 Å². The lowest BCUT2D eigenvalue weighted by molar-refractivity contribution is 0.0115. The van der Waals surface area contributed by atoms with Crippen LogP contribution in [-0.4, -0.2) is 60.3 Å². The van der Waals surface area contributed by atoms with Crippen molar-refractivity contribution >= 4 is 16.9 Å². The first kappa shape index (κ1) is 15.3. The highest BCUT2D eigenvalue weighted by Crippen LogP contribution is 2.24. The number of para-hydroxylation sites is 1. The molecule has 6 heteroatoms. The van der Waals surface area contributed by atoms with Crippen LogP contribution < -0.4 is 4.90 Å². The van der Waals surface area contributed by atoms with Crippen molar-refractivity contribution in [3.8, 4) is 6.07 Å². The second kappa shape index (κ2) is 6.71. The van der Waals surface area contributed by atoms with Gasteiger partial charge < -0.3 is 9.64 Å². The van der Waals surface area contributed by atoms with Crippen LogP contribution in [0, 0.1) is 11.3 Å². The summed E-state index contributed by atoms with van der Waals surface area (Å²) < 4.78 is 5.45. The van der Waals surface area contributed by atoms with Gasteiger partial charge in [0.25, 0.3) is 0 Å². The van der Waals surface area contributed by atoms with Crippen LogP contribution in [0.1, 0.15) is 18.4 Å². The number of benzene rings is 1. The van der Waals surface area contributed by atoms with Gasteiger partial charge in [0.15, 0.2) is 0 Å². The van der Waals surface area contributed by atoms with Gasteiger partial charge in [-0.25, -0.2) is 4.98 Å². The Morgan fingerprint density at radius 3 is 2.67 bits per heavy atom. The van der Waals surface area contributed by atoms with E-state index in [2.05, 4.69) is 20.9 Å². The van der Waals surface area contributed by atoms with Crippen LogP contribution in [0.25, 0.3) is 11.0 Å². The summed E-state index contributed by atoms with van der Waals surface area (Å²) >= 11 is 0. The Balaban J connectivity index is 1.49. The van der Waals surface area contributed by atoms with Gasteiger partial charge in [-0.1, -0.05) is 6.07 Å². The fourth-order valence-corrected chi connectivity index (χ4v) is 3.67. The Hall–Kier alpha value is -2.23. The molecule has 2 aliphatic heterocycles. The van der Waals surface area contributed by atoms with Crippen LogP contribution in [0.5, 0.6) is 0 Å². The van der Waals surface area contributed by atoms with E-state index in [0.29, 0.717) is 17.1 Å². The number of anilines is 1. The minimum atomic E-state index is 0.588. The molecule has 2 aliphatic rings. The largest absolute Gasteiger partial charge is 0.379 e. The third-order valence-electron chi connectivity index (χ3n) is 5.03. The van der Waals surface area contributed by atoms with Crippen molar-refractivity contribution in [3.05, 3.63) is 30.0 Å². The Morgan fingerprint density at radius 2 is 1.92 bits per heavy atom. The van der Waals surface area contributed by atoms with Crippen molar-refractivity contribution in [2.24, 2.45) is 0 Å². The van der Waals surface area contributed by atoms with E-state index in [9.17, 15) is 5.26 Å². The Morgan fingerprint density at radius 1 is 1.12 bits per heavy atom. The molecule has 24 heavy (non-hydrogen) atoms. The summed E-state index contributed by atoms with van der Waals surface area (Å²) in [6.07, 6.45) is 4.11. The predicted octanol–water partition coefficient (Wildman–Crippen LogP) is 1.80. The third kappa shape index (κ3) is 2.93. The van der Waals surface area contributed by atoms with Gasteiger partial charge in [0, 0.05) is 32.2 Å². The van der Waals surface area contributed by atoms with Gasteiger partial charge in [-0.2, -0.15) is 5.26 Å². The van der Waals surface area contributed by atoms with Crippen molar-refractivity contribution < 1.29 is 4.74 Å². The Kier molecular flexibility index (Phi) is 4.28. The highest BCUT2D eigenvalue weighted by atomic mass is 16.5. The van der Waals surface area contributed by atoms with E-state index in [1.165, 1.54) is 0 Å². The first-order valence-corrected chi connectivity index (χ1v) is 8.58. The maximum Gasteiger partial charge on any atom is 0.147 e. The molecule has 3 heterocycles. The molecule has 0 unspecified atom stereocenters. The molecule has 0 amide bonds. The molecular formula is C18H21N5O. The lowest BCUT2D eigenvalue weighted by Crippen LogP contribution is -2.49. The Bertz CT molecular complexity index is 758. The van der Waals surface area contributed by atoms with Crippen LogP contribution in [-0.2, 0) is 4.74 Å². The number of morpholine rings is 1. The molecule has 0 N–H and O–H groups in total. The van der Waals surface area contributed by atoms with E-state index in [1.54, 1.807) is 6.07 Å². The molecule has 124 valence electrons. The first-order valence-electron chi connectivity index (χ1n) is 8.58. The smallest absolute Gasteiger partial charge is 0.147 e. The molecule has 2 saturated heterocycles. The predicted molar refractivity (Wildman–Crippen MR) is 91.9 cm³/mol. The molecule has 0 bridgehead atoms. The summed E-state index contributed by atoms with van der Waals surface area (Å²) in [4.78, 5) is 14.1. The zero-order chi connectivity index (χ0) is 16.4. The lowest BCUT2D eigenvalue weighted by Gasteiger charge is -2.40. The van der Waals surface area contributed by atoms with Gasteiger partial charge in [0.1, 0.15) is 17.4 Å². The van der Waals surface area contributed by atoms with Crippen molar-refractivity contribution in [3.63, 3.8) is 0 Å². The quantitative estimate of drug-likeness (QED) is 0.840. The normalized spacial score (nSPS) is 20.2. The number of ether oxygens (including phenoxy) is 1. The fourth-order valence-electron chi connectivity index (χ4n) is 3.67. The van der Waals surface area contributed by atoms with Crippen molar-refractivity contribution in [1.29, 1.82) is 5.26 Å². The average molecular weight is 323 g/mol. The molecule has 6 nitrogen and oxygen atoms in total. The summed E-state index contributed by atoms with van der Waals surface area (Å²) in [6.45, 7) is 5.77. The molecule has 1 aromatic carbocycles. The summed E-state index contributed by atoms with van der Waals surface area (Å²) in [5, 5.41) is 9.27. The number of hydrogen-bond acceptors (Lipinski definition) is 6. The second-order valence-corrected chi connectivity index (χ2v) is 6.38. The minimum Gasteiger partial charge on any atom is -0.379 e. The van der Waals surface area contributed by atoms with Crippen molar-refractivity contribution in [1.82, 2.24) is 14.9 Å². The lowest BCUT2D eigenvalue weighted by atomic mass is 10.0. The molecule has 2 fully saturated rings. The monoisotopic (exact) mass is 323 g/mol. The zero-order valence-corrected chi connectivity index (χ0v) is 13.7. The highest BCUT2D eigenvalue weighted by molar-refractivity contribution is 5.81. The van der Waals surface area contributed by atoms with Crippen LogP contribution in [0.4, 0.5) is 5.82 Å². The van der Waals surface area contributed by atoms with Crippen LogP contribution >= 0.6 is 0 Å². The van der Waals surface area contributed by atoms with E-state index in [1.807, 2.05) is 18.3 Å². The van der Waals surface area contributed by atoms with E-state index in [-0.39, 0.29) is 0 Å². The van der Waals surface area contributed by atoms with Gasteiger partial charge in [-0.3, -0.25) is 9.88 Å². The molecule has 0 saturated carbocycles. The van der Waals surface area contributed by atoms with E-state index < -0.39 is 0 Å². The van der Waals surface area contributed by atoms with Crippen molar-refractivity contribution in [2.45, 2.75) is 18.9 Å². The van der Waals surface area contributed by atoms with E-state index in [0.717, 1.165) is 63.6 Å². The van der Waals surface area contributed by atoms with Gasteiger partial charge in [0.2, 0.25) is 0 Å². The second-order valence-electron chi connectivity index (χ2n) is 6.38. The molecule has 1 aromatic heterocycles. The minimum absolute atomic E-state index is 0.588. The van der Waals surface area contributed by atoms with Crippen LogP contribution in [0.15, 0.2) is 24.4 Å². The molecule has 0 radical (unpaired) electrons. The number of rotatable bonds is 2. The first-order chi connectivity index (χ1) is 11.8. The number of nitrogens with zero attached hydrogens (tertiary/aromatic N) is 5. The maximum atomic E-state index is 9.27. The van der Waals surface area contributed by atoms with Gasteiger partial charge >= 0.3 is 0 Å². The standard InChI is InChI=1S/C18H21N5O/c19-12-14-2-1-3-16-18(14)21-17(13-20-16)23-6-4-15(5-7-23)22-8-10-24-11-9-22/h1-3,13,15H,4-11H2. The molecule has 0 spiro atoms. The summed E-state index contributed by atoms with van der Waals surface area (Å²) in [5.74, 6) is 0.880. The van der Waals surface area contributed by atoms with Crippen molar-refractivity contribution in [2.75, 3.05) is 44.3 Å². The molecule has 2 aromatic rings. The Labute approximate surface area is 141 Å². The average Bonchev–Trinajstić information content (AvgIpc) is 2.68. The summed E-state index contributed by atoms with van der Waals surface area (Å²) in [7, 11) is 0. The number of fused-ring (bicyclic) bond motifs is 1. The molecule has 0 aliphatic carbocycles. The SMILES string of the molecule is N#Cc1cccc2ncc(N3CCC(N4CCOCC4)CC3)nc12. The van der Waals surface area contributed by atoms with Gasteiger partial charge in [0.05, 0.1) is 30.5 Å². The van der Waals surface area contributed by atoms with E-state index >= 15 is 0 Å². The van der Waals surface area contributed by atoms with Crippen LogP contribution in [0.3, 0.4) is 0 Å². The topological polar surface area (TPSA) is 65.3 Å². The zero-order valence-electron chi connectivity index (χ0n) is 13.7. The number of hydrogen-bond donors (Lipinski definition) is 0.